The molecule has 0 aliphatic carbocycles. The molecule has 1 aromatic carbocycles. The standard InChI is InChI=1S/C12H12BrNO5/c1-6(15)14-9(12(17)18)4-7-3-8(13)11(16)10(5-7)19-2/h3-5,16H,1-2H3,(H,14,15)(H,17,18)/b9-4+. The third-order valence-electron chi connectivity index (χ3n) is 2.12. The zero-order valence-corrected chi connectivity index (χ0v) is 11.8. The van der Waals surface area contributed by atoms with Gasteiger partial charge in [0.1, 0.15) is 5.70 Å². The van der Waals surface area contributed by atoms with Gasteiger partial charge in [-0.15, -0.1) is 0 Å². The zero-order valence-electron chi connectivity index (χ0n) is 10.2. The molecule has 0 saturated carbocycles. The largest absolute Gasteiger partial charge is 0.503 e. The highest BCUT2D eigenvalue weighted by molar-refractivity contribution is 9.10. The summed E-state index contributed by atoms with van der Waals surface area (Å²) in [4.78, 5) is 21.9. The number of aliphatic carboxylic acids is 1. The molecule has 0 spiro atoms. The number of benzene rings is 1. The van der Waals surface area contributed by atoms with Crippen LogP contribution in [-0.2, 0) is 9.59 Å². The van der Waals surface area contributed by atoms with Crippen molar-refractivity contribution in [3.05, 3.63) is 27.9 Å². The normalized spacial score (nSPS) is 11.0. The average Bonchev–Trinajstić information content (AvgIpc) is 2.31. The second kappa shape index (κ2) is 6.24. The summed E-state index contributed by atoms with van der Waals surface area (Å²) < 4.78 is 5.30. The van der Waals surface area contributed by atoms with Gasteiger partial charge in [0.05, 0.1) is 11.6 Å². The fourth-order valence-electron chi connectivity index (χ4n) is 1.34. The Morgan fingerprint density at radius 3 is 2.53 bits per heavy atom. The lowest BCUT2D eigenvalue weighted by molar-refractivity contribution is -0.134. The maximum absolute atomic E-state index is 11.0. The molecule has 0 heterocycles. The summed E-state index contributed by atoms with van der Waals surface area (Å²) >= 11 is 3.12. The molecule has 0 bridgehead atoms. The summed E-state index contributed by atoms with van der Waals surface area (Å²) in [6.45, 7) is 1.21. The SMILES string of the molecule is COc1cc(/C=C(/NC(C)=O)C(=O)O)cc(Br)c1O. The number of phenols is 1. The van der Waals surface area contributed by atoms with E-state index in [0.29, 0.717) is 10.0 Å². The van der Waals surface area contributed by atoms with Crippen molar-refractivity contribution in [2.75, 3.05) is 7.11 Å². The first kappa shape index (κ1) is 15.0. The van der Waals surface area contributed by atoms with E-state index in [4.69, 9.17) is 9.84 Å². The van der Waals surface area contributed by atoms with Crippen molar-refractivity contribution < 1.29 is 24.5 Å². The van der Waals surface area contributed by atoms with Gasteiger partial charge >= 0.3 is 5.97 Å². The van der Waals surface area contributed by atoms with Gasteiger partial charge in [-0.3, -0.25) is 4.79 Å². The number of hydrogen-bond acceptors (Lipinski definition) is 4. The minimum atomic E-state index is -1.27. The van der Waals surface area contributed by atoms with Gasteiger partial charge in [-0.25, -0.2) is 4.79 Å². The Labute approximate surface area is 117 Å². The van der Waals surface area contributed by atoms with Crippen molar-refractivity contribution in [3.63, 3.8) is 0 Å². The van der Waals surface area contributed by atoms with Crippen molar-refractivity contribution in [3.8, 4) is 11.5 Å². The second-order valence-electron chi connectivity index (χ2n) is 3.60. The van der Waals surface area contributed by atoms with Crippen LogP contribution >= 0.6 is 15.9 Å². The van der Waals surface area contributed by atoms with E-state index in [2.05, 4.69) is 21.2 Å². The molecule has 0 atom stereocenters. The number of rotatable bonds is 4. The number of phenolic OH excluding ortho intramolecular Hbond substituents is 1. The molecule has 0 aliphatic heterocycles. The van der Waals surface area contributed by atoms with Crippen molar-refractivity contribution in [1.29, 1.82) is 0 Å². The molecule has 1 aromatic rings. The van der Waals surface area contributed by atoms with E-state index in [1.807, 2.05) is 0 Å². The number of carbonyl (C=O) groups excluding carboxylic acids is 1. The van der Waals surface area contributed by atoms with Crippen LogP contribution in [0.3, 0.4) is 0 Å². The molecule has 6 nitrogen and oxygen atoms in total. The van der Waals surface area contributed by atoms with Crippen molar-refractivity contribution in [1.82, 2.24) is 5.32 Å². The molecule has 0 radical (unpaired) electrons. The topological polar surface area (TPSA) is 95.9 Å². The molecule has 0 unspecified atom stereocenters. The number of aromatic hydroxyl groups is 1. The van der Waals surface area contributed by atoms with Crippen molar-refractivity contribution >= 4 is 33.9 Å². The Bertz CT molecular complexity index is 553. The van der Waals surface area contributed by atoms with Crippen LogP contribution in [0.2, 0.25) is 0 Å². The number of amides is 1. The molecular weight excluding hydrogens is 318 g/mol. The minimum absolute atomic E-state index is 0.0870. The Balaban J connectivity index is 3.24. The summed E-state index contributed by atoms with van der Waals surface area (Å²) in [5.41, 5.74) is 0.180. The number of ether oxygens (including phenoxy) is 1. The summed E-state index contributed by atoms with van der Waals surface area (Å²) in [6.07, 6.45) is 1.26. The number of methoxy groups -OCH3 is 1. The molecule has 0 saturated heterocycles. The lowest BCUT2D eigenvalue weighted by Crippen LogP contribution is -2.24. The predicted molar refractivity (Wildman–Crippen MR) is 71.8 cm³/mol. The van der Waals surface area contributed by atoms with Gasteiger partial charge in [-0.1, -0.05) is 0 Å². The molecule has 19 heavy (non-hydrogen) atoms. The number of nitrogens with one attached hydrogen (secondary N) is 1. The molecule has 3 N–H and O–H groups in total. The number of carbonyl (C=O) groups is 2. The van der Waals surface area contributed by atoms with E-state index in [1.165, 1.54) is 32.2 Å². The van der Waals surface area contributed by atoms with Crippen molar-refractivity contribution in [2.45, 2.75) is 6.92 Å². The molecule has 7 heteroatoms. The summed E-state index contributed by atoms with van der Waals surface area (Å²) in [7, 11) is 1.38. The summed E-state index contributed by atoms with van der Waals surface area (Å²) in [5.74, 6) is -1.65. The molecule has 1 rings (SSSR count). The second-order valence-corrected chi connectivity index (χ2v) is 4.45. The maximum atomic E-state index is 11.0. The first-order valence-electron chi connectivity index (χ1n) is 5.14. The summed E-state index contributed by atoms with van der Waals surface area (Å²) in [6, 6.07) is 2.95. The highest BCUT2D eigenvalue weighted by Crippen LogP contribution is 2.35. The number of hydrogen-bond donors (Lipinski definition) is 3. The molecule has 0 aliphatic rings. The van der Waals surface area contributed by atoms with Crippen LogP contribution in [0.25, 0.3) is 6.08 Å². The molecular formula is C12H12BrNO5. The van der Waals surface area contributed by atoms with Crippen LogP contribution in [0.1, 0.15) is 12.5 Å². The molecule has 102 valence electrons. The molecule has 1 amide bonds. The van der Waals surface area contributed by atoms with E-state index >= 15 is 0 Å². The fraction of sp³-hybridized carbons (Fsp3) is 0.167. The van der Waals surface area contributed by atoms with E-state index in [0.717, 1.165) is 0 Å². The lowest BCUT2D eigenvalue weighted by atomic mass is 10.1. The summed E-state index contributed by atoms with van der Waals surface area (Å²) in [5, 5.41) is 20.8. The van der Waals surface area contributed by atoms with E-state index < -0.39 is 11.9 Å². The number of carboxylic acids is 1. The van der Waals surface area contributed by atoms with Crippen LogP contribution in [0.4, 0.5) is 0 Å². The Morgan fingerprint density at radius 2 is 2.05 bits per heavy atom. The number of halogens is 1. The quantitative estimate of drug-likeness (QED) is 0.731. The van der Waals surface area contributed by atoms with Gasteiger partial charge in [0.25, 0.3) is 0 Å². The molecule has 0 aromatic heterocycles. The van der Waals surface area contributed by atoms with Gasteiger partial charge in [0.2, 0.25) is 5.91 Å². The Kier molecular flexibility index (Phi) is 4.94. The average molecular weight is 330 g/mol. The highest BCUT2D eigenvalue weighted by atomic mass is 79.9. The van der Waals surface area contributed by atoms with E-state index in [1.54, 1.807) is 0 Å². The Hall–Kier alpha value is -2.02. The molecule has 0 fully saturated rings. The van der Waals surface area contributed by atoms with E-state index in [-0.39, 0.29) is 17.2 Å². The van der Waals surface area contributed by atoms with Gasteiger partial charge in [0, 0.05) is 6.92 Å². The maximum Gasteiger partial charge on any atom is 0.352 e. The van der Waals surface area contributed by atoms with Crippen LogP contribution in [0.5, 0.6) is 11.5 Å². The third-order valence-corrected chi connectivity index (χ3v) is 2.73. The van der Waals surface area contributed by atoms with Crippen molar-refractivity contribution in [2.24, 2.45) is 0 Å². The highest BCUT2D eigenvalue weighted by Gasteiger charge is 2.12. The van der Waals surface area contributed by atoms with Crippen LogP contribution in [0.15, 0.2) is 22.3 Å². The van der Waals surface area contributed by atoms with Crippen LogP contribution in [-0.4, -0.2) is 29.2 Å². The van der Waals surface area contributed by atoms with Gasteiger partial charge in [0.15, 0.2) is 11.5 Å². The van der Waals surface area contributed by atoms with Gasteiger partial charge < -0.3 is 20.3 Å². The Morgan fingerprint density at radius 1 is 1.42 bits per heavy atom. The zero-order chi connectivity index (χ0) is 14.6. The van der Waals surface area contributed by atoms with Crippen LogP contribution < -0.4 is 10.1 Å². The predicted octanol–water partition coefficient (Wildman–Crippen LogP) is 1.72. The van der Waals surface area contributed by atoms with Gasteiger partial charge in [-0.05, 0) is 39.7 Å². The monoisotopic (exact) mass is 329 g/mol. The minimum Gasteiger partial charge on any atom is -0.503 e. The third kappa shape index (κ3) is 3.99. The van der Waals surface area contributed by atoms with Crippen LogP contribution in [0, 0.1) is 0 Å². The lowest BCUT2D eigenvalue weighted by Gasteiger charge is -2.08. The first-order valence-corrected chi connectivity index (χ1v) is 5.93. The fourth-order valence-corrected chi connectivity index (χ4v) is 1.80. The first-order chi connectivity index (χ1) is 8.85. The smallest absolute Gasteiger partial charge is 0.352 e. The van der Waals surface area contributed by atoms with E-state index in [9.17, 15) is 14.7 Å². The number of carboxylic acid groups (broad SMARTS) is 1. The van der Waals surface area contributed by atoms with Gasteiger partial charge in [-0.2, -0.15) is 0 Å².